The van der Waals surface area contributed by atoms with E-state index >= 15 is 0 Å². The minimum Gasteiger partial charge on any atom is -0.372 e. The molecule has 2 aromatic rings. The molecule has 2 rings (SSSR count). The summed E-state index contributed by atoms with van der Waals surface area (Å²) in [5, 5.41) is 9.76. The van der Waals surface area contributed by atoms with Crippen molar-refractivity contribution in [3.8, 4) is 0 Å². The number of rotatable bonds is 4. The molecule has 0 unspecified atom stereocenters. The van der Waals surface area contributed by atoms with Crippen LogP contribution in [-0.4, -0.2) is 32.7 Å². The zero-order chi connectivity index (χ0) is 13.8. The molecule has 0 aliphatic carbocycles. The van der Waals surface area contributed by atoms with Crippen LogP contribution in [0.15, 0.2) is 18.6 Å². The minimum atomic E-state index is -0.251. The first-order chi connectivity index (χ1) is 9.11. The van der Waals surface area contributed by atoms with Gasteiger partial charge in [-0.2, -0.15) is 5.10 Å². The number of nitrogens with zero attached hydrogens (tertiary/aromatic N) is 4. The zero-order valence-corrected chi connectivity index (χ0v) is 11.1. The fourth-order valence-electron chi connectivity index (χ4n) is 1.56. The van der Waals surface area contributed by atoms with Crippen molar-refractivity contribution in [3.63, 3.8) is 0 Å². The monoisotopic (exact) mass is 260 g/mol. The normalized spacial score (nSPS) is 10.3. The third kappa shape index (κ3) is 2.87. The maximum Gasteiger partial charge on any atom is 0.271 e. The van der Waals surface area contributed by atoms with E-state index in [-0.39, 0.29) is 5.91 Å². The average Bonchev–Trinajstić information content (AvgIpc) is 2.76. The Morgan fingerprint density at radius 3 is 2.63 bits per heavy atom. The summed E-state index contributed by atoms with van der Waals surface area (Å²) >= 11 is 0. The molecule has 0 spiro atoms. The second-order valence-electron chi connectivity index (χ2n) is 4.10. The van der Waals surface area contributed by atoms with Crippen molar-refractivity contribution in [1.82, 2.24) is 25.1 Å². The molecule has 19 heavy (non-hydrogen) atoms. The van der Waals surface area contributed by atoms with Crippen LogP contribution < -0.4 is 10.6 Å². The molecular formula is C12H16N6O. The number of carbonyl (C=O) groups is 1. The van der Waals surface area contributed by atoms with Crippen LogP contribution in [0.4, 0.5) is 5.82 Å². The topological polar surface area (TPSA) is 84.7 Å². The fourth-order valence-corrected chi connectivity index (χ4v) is 1.56. The Bertz CT molecular complexity index is 574. The van der Waals surface area contributed by atoms with Crippen LogP contribution in [0.1, 0.15) is 21.7 Å². The van der Waals surface area contributed by atoms with Gasteiger partial charge in [0.1, 0.15) is 11.5 Å². The highest BCUT2D eigenvalue weighted by atomic mass is 16.1. The number of hydrogen-bond donors (Lipinski definition) is 2. The second kappa shape index (κ2) is 5.47. The van der Waals surface area contributed by atoms with Gasteiger partial charge >= 0.3 is 0 Å². The lowest BCUT2D eigenvalue weighted by Gasteiger charge is -2.05. The van der Waals surface area contributed by atoms with Crippen molar-refractivity contribution in [1.29, 1.82) is 0 Å². The SMILES string of the molecule is CNc1cnc(C(=O)NCc2cnn(C)c2C)cn1. The highest BCUT2D eigenvalue weighted by Gasteiger charge is 2.09. The third-order valence-corrected chi connectivity index (χ3v) is 2.92. The molecule has 100 valence electrons. The number of amides is 1. The number of aryl methyl sites for hydroxylation is 1. The van der Waals surface area contributed by atoms with Crippen LogP contribution >= 0.6 is 0 Å². The molecule has 0 aliphatic rings. The predicted molar refractivity (Wildman–Crippen MR) is 70.7 cm³/mol. The standard InChI is InChI=1S/C12H16N6O/c1-8-9(5-17-18(8)3)4-16-12(19)10-6-15-11(13-2)7-14-10/h5-7H,4H2,1-3H3,(H,13,15)(H,16,19). The van der Waals surface area contributed by atoms with Crippen LogP contribution in [0.25, 0.3) is 0 Å². The zero-order valence-electron chi connectivity index (χ0n) is 11.1. The summed E-state index contributed by atoms with van der Waals surface area (Å²) < 4.78 is 1.77. The Balaban J connectivity index is 1.99. The van der Waals surface area contributed by atoms with Gasteiger partial charge in [0.25, 0.3) is 5.91 Å². The van der Waals surface area contributed by atoms with Gasteiger partial charge < -0.3 is 10.6 Å². The summed E-state index contributed by atoms with van der Waals surface area (Å²) in [6.07, 6.45) is 4.70. The average molecular weight is 260 g/mol. The lowest BCUT2D eigenvalue weighted by atomic mass is 10.2. The van der Waals surface area contributed by atoms with E-state index in [0.29, 0.717) is 18.1 Å². The molecule has 7 nitrogen and oxygen atoms in total. The predicted octanol–water partition coefficient (Wildman–Crippen LogP) is 0.490. The molecule has 0 atom stereocenters. The summed E-state index contributed by atoms with van der Waals surface area (Å²) in [6.45, 7) is 2.38. The summed E-state index contributed by atoms with van der Waals surface area (Å²) in [5.74, 6) is 0.373. The quantitative estimate of drug-likeness (QED) is 0.835. The second-order valence-corrected chi connectivity index (χ2v) is 4.10. The smallest absolute Gasteiger partial charge is 0.271 e. The molecule has 0 radical (unpaired) electrons. The van der Waals surface area contributed by atoms with Gasteiger partial charge in [-0.25, -0.2) is 9.97 Å². The van der Waals surface area contributed by atoms with Crippen molar-refractivity contribution in [2.24, 2.45) is 7.05 Å². The maximum atomic E-state index is 11.9. The third-order valence-electron chi connectivity index (χ3n) is 2.92. The molecule has 0 fully saturated rings. The van der Waals surface area contributed by atoms with Crippen molar-refractivity contribution in [2.75, 3.05) is 12.4 Å². The first-order valence-electron chi connectivity index (χ1n) is 5.87. The van der Waals surface area contributed by atoms with Gasteiger partial charge in [-0.15, -0.1) is 0 Å². The maximum absolute atomic E-state index is 11.9. The van der Waals surface area contributed by atoms with E-state index < -0.39 is 0 Å². The van der Waals surface area contributed by atoms with Crippen molar-refractivity contribution in [3.05, 3.63) is 35.5 Å². The van der Waals surface area contributed by atoms with Gasteiger partial charge in [0.15, 0.2) is 0 Å². The molecule has 2 heterocycles. The molecular weight excluding hydrogens is 244 g/mol. The van der Waals surface area contributed by atoms with Crippen LogP contribution in [0.2, 0.25) is 0 Å². The van der Waals surface area contributed by atoms with E-state index in [1.54, 1.807) is 17.9 Å². The van der Waals surface area contributed by atoms with Crippen molar-refractivity contribution >= 4 is 11.7 Å². The number of hydrogen-bond acceptors (Lipinski definition) is 5. The van der Waals surface area contributed by atoms with E-state index in [0.717, 1.165) is 11.3 Å². The number of nitrogens with one attached hydrogen (secondary N) is 2. The molecule has 7 heteroatoms. The van der Waals surface area contributed by atoms with Gasteiger partial charge in [0, 0.05) is 31.9 Å². The van der Waals surface area contributed by atoms with Crippen LogP contribution in [-0.2, 0) is 13.6 Å². The van der Waals surface area contributed by atoms with E-state index in [9.17, 15) is 4.79 Å². The molecule has 0 bridgehead atoms. The van der Waals surface area contributed by atoms with Crippen LogP contribution in [0, 0.1) is 6.92 Å². The summed E-state index contributed by atoms with van der Waals surface area (Å²) in [6, 6.07) is 0. The Kier molecular flexibility index (Phi) is 3.74. The van der Waals surface area contributed by atoms with Crippen LogP contribution in [0.3, 0.4) is 0 Å². The Hall–Kier alpha value is -2.44. The summed E-state index contributed by atoms with van der Waals surface area (Å²) in [4.78, 5) is 19.9. The fraction of sp³-hybridized carbons (Fsp3) is 0.333. The van der Waals surface area contributed by atoms with Crippen LogP contribution in [0.5, 0.6) is 0 Å². The van der Waals surface area contributed by atoms with E-state index in [2.05, 4.69) is 25.7 Å². The van der Waals surface area contributed by atoms with Gasteiger partial charge in [-0.05, 0) is 6.92 Å². The molecule has 2 N–H and O–H groups in total. The first kappa shape index (κ1) is 13.0. The lowest BCUT2D eigenvalue weighted by Crippen LogP contribution is -2.24. The van der Waals surface area contributed by atoms with Crippen molar-refractivity contribution < 1.29 is 4.79 Å². The van der Waals surface area contributed by atoms with E-state index in [4.69, 9.17) is 0 Å². The van der Waals surface area contributed by atoms with Crippen molar-refractivity contribution in [2.45, 2.75) is 13.5 Å². The van der Waals surface area contributed by atoms with Gasteiger partial charge in [0.05, 0.1) is 18.6 Å². The van der Waals surface area contributed by atoms with E-state index in [1.165, 1.54) is 12.4 Å². The van der Waals surface area contributed by atoms with E-state index in [1.807, 2.05) is 14.0 Å². The molecule has 0 saturated carbocycles. The molecule has 0 aromatic carbocycles. The molecule has 1 amide bonds. The molecule has 0 aliphatic heterocycles. The lowest BCUT2D eigenvalue weighted by molar-refractivity contribution is 0.0945. The Labute approximate surface area is 111 Å². The van der Waals surface area contributed by atoms with Gasteiger partial charge in [0.2, 0.25) is 0 Å². The minimum absolute atomic E-state index is 0.251. The highest BCUT2D eigenvalue weighted by Crippen LogP contribution is 2.05. The Morgan fingerprint density at radius 2 is 2.11 bits per heavy atom. The first-order valence-corrected chi connectivity index (χ1v) is 5.87. The van der Waals surface area contributed by atoms with Gasteiger partial charge in [-0.1, -0.05) is 0 Å². The molecule has 0 saturated heterocycles. The Morgan fingerprint density at radius 1 is 1.32 bits per heavy atom. The largest absolute Gasteiger partial charge is 0.372 e. The number of carbonyl (C=O) groups excluding carboxylic acids is 1. The van der Waals surface area contributed by atoms with Gasteiger partial charge in [-0.3, -0.25) is 9.48 Å². The molecule has 2 aromatic heterocycles. The summed E-state index contributed by atoms with van der Waals surface area (Å²) in [7, 11) is 3.61. The highest BCUT2D eigenvalue weighted by molar-refractivity contribution is 5.91. The number of aromatic nitrogens is 4. The number of anilines is 1. The summed E-state index contributed by atoms with van der Waals surface area (Å²) in [5.41, 5.74) is 2.30.